The van der Waals surface area contributed by atoms with E-state index in [0.717, 1.165) is 39.3 Å². The van der Waals surface area contributed by atoms with Crippen molar-refractivity contribution in [1.82, 2.24) is 14.5 Å². The summed E-state index contributed by atoms with van der Waals surface area (Å²) >= 11 is 1.78. The highest BCUT2D eigenvalue weighted by Gasteiger charge is 2.15. The zero-order valence-electron chi connectivity index (χ0n) is 19.6. The fourth-order valence-corrected chi connectivity index (χ4v) is 6.41. The number of aromatic nitrogens is 3. The molecule has 8 aromatic rings. The molecule has 0 saturated heterocycles. The minimum Gasteiger partial charge on any atom is -0.457 e. The van der Waals surface area contributed by atoms with Gasteiger partial charge >= 0.3 is 0 Å². The molecule has 8 rings (SSSR count). The highest BCUT2D eigenvalue weighted by molar-refractivity contribution is 7.25. The van der Waals surface area contributed by atoms with Crippen LogP contribution in [0.4, 0.5) is 0 Å². The molecule has 0 aliphatic carbocycles. The number of nitrogens with zero attached hydrogens (tertiary/aromatic N) is 3. The minimum atomic E-state index is 0.785. The summed E-state index contributed by atoms with van der Waals surface area (Å²) in [6, 6.07) is 35.5. The van der Waals surface area contributed by atoms with Crippen LogP contribution in [0.1, 0.15) is 0 Å². The van der Waals surface area contributed by atoms with Gasteiger partial charge in [0.2, 0.25) is 0 Å². The number of pyridine rings is 2. The van der Waals surface area contributed by atoms with Gasteiger partial charge < -0.3 is 4.74 Å². The third-order valence-corrected chi connectivity index (χ3v) is 8.05. The molecule has 0 radical (unpaired) electrons. The SMILES string of the molecule is c1ccc(-n2c3ccccc3c3ccc(Oc4ccc5ccc6sc7cccnc7c6c5c4)cc32)nc1. The number of hydrogen-bond acceptors (Lipinski definition) is 4. The first kappa shape index (κ1) is 20.5. The van der Waals surface area contributed by atoms with Gasteiger partial charge in [0.05, 0.1) is 21.3 Å². The van der Waals surface area contributed by atoms with Crippen LogP contribution in [0.25, 0.3) is 58.7 Å². The summed E-state index contributed by atoms with van der Waals surface area (Å²) in [7, 11) is 0. The van der Waals surface area contributed by atoms with Gasteiger partial charge in [0.15, 0.2) is 0 Å². The maximum absolute atomic E-state index is 6.47. The molecule has 0 N–H and O–H groups in total. The van der Waals surface area contributed by atoms with Crippen LogP contribution in [0.15, 0.2) is 116 Å². The average Bonchev–Trinajstić information content (AvgIpc) is 3.49. The second kappa shape index (κ2) is 7.88. The van der Waals surface area contributed by atoms with Crippen molar-refractivity contribution in [2.24, 2.45) is 0 Å². The number of thiophene rings is 1. The molecule has 0 unspecified atom stereocenters. The lowest BCUT2D eigenvalue weighted by Gasteiger charge is -2.10. The van der Waals surface area contributed by atoms with Crippen molar-refractivity contribution in [3.8, 4) is 17.3 Å². The summed E-state index contributed by atoms with van der Waals surface area (Å²) in [6.07, 6.45) is 3.69. The lowest BCUT2D eigenvalue weighted by Crippen LogP contribution is -1.96. The molecule has 5 heteroatoms. The molecule has 0 aliphatic heterocycles. The second-order valence-electron chi connectivity index (χ2n) is 9.10. The maximum atomic E-state index is 6.47. The molecule has 37 heavy (non-hydrogen) atoms. The standard InChI is InChI=1S/C32H19N3OS/c1-2-7-26-23(6-1)24-14-13-22(19-27(24)35(26)30-9-3-4-16-33-30)36-21-12-10-20-11-15-28-31(25(20)18-21)32-29(37-28)8-5-17-34-32/h1-19H. The Bertz CT molecular complexity index is 2130. The van der Waals surface area contributed by atoms with E-state index in [1.165, 1.54) is 30.9 Å². The van der Waals surface area contributed by atoms with E-state index >= 15 is 0 Å². The van der Waals surface area contributed by atoms with Gasteiger partial charge in [-0.2, -0.15) is 0 Å². The van der Waals surface area contributed by atoms with E-state index in [2.05, 4.69) is 81.3 Å². The average molecular weight is 494 g/mol. The van der Waals surface area contributed by atoms with Gasteiger partial charge in [0.1, 0.15) is 17.3 Å². The van der Waals surface area contributed by atoms with Crippen molar-refractivity contribution >= 4 is 64.2 Å². The van der Waals surface area contributed by atoms with Crippen LogP contribution in [0.3, 0.4) is 0 Å². The van der Waals surface area contributed by atoms with Crippen LogP contribution in [-0.2, 0) is 0 Å². The second-order valence-corrected chi connectivity index (χ2v) is 10.2. The molecule has 0 bridgehead atoms. The van der Waals surface area contributed by atoms with Crippen LogP contribution in [0.2, 0.25) is 0 Å². The van der Waals surface area contributed by atoms with Crippen molar-refractivity contribution < 1.29 is 4.74 Å². The van der Waals surface area contributed by atoms with E-state index in [9.17, 15) is 0 Å². The van der Waals surface area contributed by atoms with Crippen molar-refractivity contribution in [3.63, 3.8) is 0 Å². The summed E-state index contributed by atoms with van der Waals surface area (Å²) in [5.74, 6) is 2.47. The van der Waals surface area contributed by atoms with Crippen molar-refractivity contribution in [3.05, 3.63) is 116 Å². The Morgan fingerprint density at radius 1 is 0.595 bits per heavy atom. The van der Waals surface area contributed by atoms with Gasteiger partial charge in [-0.25, -0.2) is 4.98 Å². The van der Waals surface area contributed by atoms with Gasteiger partial charge in [-0.3, -0.25) is 9.55 Å². The van der Waals surface area contributed by atoms with Crippen LogP contribution in [0.5, 0.6) is 11.5 Å². The molecule has 0 saturated carbocycles. The lowest BCUT2D eigenvalue weighted by atomic mass is 10.1. The monoisotopic (exact) mass is 493 g/mol. The van der Waals surface area contributed by atoms with E-state index in [4.69, 9.17) is 4.74 Å². The van der Waals surface area contributed by atoms with Crippen LogP contribution in [0, 0.1) is 0 Å². The van der Waals surface area contributed by atoms with Gasteiger partial charge in [-0.1, -0.05) is 36.4 Å². The zero-order chi connectivity index (χ0) is 24.3. The van der Waals surface area contributed by atoms with Crippen molar-refractivity contribution in [2.45, 2.75) is 0 Å². The molecule has 0 amide bonds. The fourth-order valence-electron chi connectivity index (χ4n) is 5.33. The summed E-state index contributed by atoms with van der Waals surface area (Å²) in [6.45, 7) is 0. The predicted molar refractivity (Wildman–Crippen MR) is 153 cm³/mol. The molecular formula is C32H19N3OS. The molecule has 4 nitrogen and oxygen atoms in total. The Balaban J connectivity index is 1.30. The lowest BCUT2D eigenvalue weighted by molar-refractivity contribution is 0.484. The molecule has 174 valence electrons. The Kier molecular flexibility index (Phi) is 4.36. The third-order valence-electron chi connectivity index (χ3n) is 6.94. The molecule has 0 spiro atoms. The summed E-state index contributed by atoms with van der Waals surface area (Å²) < 4.78 is 11.1. The Morgan fingerprint density at radius 3 is 2.35 bits per heavy atom. The fraction of sp³-hybridized carbons (Fsp3) is 0. The van der Waals surface area contributed by atoms with Crippen LogP contribution >= 0.6 is 11.3 Å². The third kappa shape index (κ3) is 3.14. The number of para-hydroxylation sites is 1. The number of hydrogen-bond donors (Lipinski definition) is 0. The summed E-state index contributed by atoms with van der Waals surface area (Å²) in [4.78, 5) is 9.32. The van der Waals surface area contributed by atoms with Crippen LogP contribution in [-0.4, -0.2) is 14.5 Å². The molecule has 4 heterocycles. The smallest absolute Gasteiger partial charge is 0.137 e. The van der Waals surface area contributed by atoms with Crippen LogP contribution < -0.4 is 4.74 Å². The first-order chi connectivity index (χ1) is 18.3. The predicted octanol–water partition coefficient (Wildman–Crippen LogP) is 8.89. The first-order valence-electron chi connectivity index (χ1n) is 12.2. The van der Waals surface area contributed by atoms with Crippen molar-refractivity contribution in [1.29, 1.82) is 0 Å². The van der Waals surface area contributed by atoms with E-state index in [1.54, 1.807) is 11.3 Å². The zero-order valence-corrected chi connectivity index (χ0v) is 20.4. The van der Waals surface area contributed by atoms with Gasteiger partial charge in [-0.15, -0.1) is 11.3 Å². The largest absolute Gasteiger partial charge is 0.457 e. The number of benzene rings is 4. The van der Waals surface area contributed by atoms with E-state index in [0.29, 0.717) is 0 Å². The normalized spacial score (nSPS) is 11.8. The molecule has 4 aromatic carbocycles. The van der Waals surface area contributed by atoms with E-state index < -0.39 is 0 Å². The maximum Gasteiger partial charge on any atom is 0.137 e. The Labute approximate surface area is 216 Å². The van der Waals surface area contributed by atoms with Gasteiger partial charge in [0, 0.05) is 39.3 Å². The topological polar surface area (TPSA) is 39.9 Å². The van der Waals surface area contributed by atoms with Gasteiger partial charge in [-0.05, 0) is 71.4 Å². The van der Waals surface area contributed by atoms with Crippen molar-refractivity contribution in [2.75, 3.05) is 0 Å². The van der Waals surface area contributed by atoms with E-state index in [-0.39, 0.29) is 0 Å². The highest BCUT2D eigenvalue weighted by Crippen LogP contribution is 2.39. The molecular weight excluding hydrogens is 474 g/mol. The number of ether oxygens (including phenoxy) is 1. The number of rotatable bonds is 3. The van der Waals surface area contributed by atoms with E-state index in [1.807, 2.05) is 48.8 Å². The Morgan fingerprint density at radius 2 is 1.41 bits per heavy atom. The molecule has 4 aromatic heterocycles. The minimum absolute atomic E-state index is 0.785. The molecule has 0 fully saturated rings. The summed E-state index contributed by atoms with van der Waals surface area (Å²) in [5.41, 5.74) is 3.23. The molecule has 0 atom stereocenters. The summed E-state index contributed by atoms with van der Waals surface area (Å²) in [5, 5.41) is 5.89. The van der Waals surface area contributed by atoms with Gasteiger partial charge in [0.25, 0.3) is 0 Å². The Hall–Kier alpha value is -4.74. The first-order valence-corrected chi connectivity index (χ1v) is 13.0. The molecule has 0 aliphatic rings. The quantitative estimate of drug-likeness (QED) is 0.247. The highest BCUT2D eigenvalue weighted by atomic mass is 32.1. The number of fused-ring (bicyclic) bond motifs is 8.